The van der Waals surface area contributed by atoms with Crippen molar-refractivity contribution < 1.29 is 17.9 Å². The molecule has 0 aromatic heterocycles. The number of sulfone groups is 1. The summed E-state index contributed by atoms with van der Waals surface area (Å²) >= 11 is 0. The van der Waals surface area contributed by atoms with E-state index in [-0.39, 0.29) is 17.1 Å². The molecule has 0 bridgehead atoms. The first kappa shape index (κ1) is 15.2. The summed E-state index contributed by atoms with van der Waals surface area (Å²) in [7, 11) is -2.87. The highest BCUT2D eigenvalue weighted by Gasteiger charge is 2.38. The summed E-state index contributed by atoms with van der Waals surface area (Å²) in [6.45, 7) is 4.56. The quantitative estimate of drug-likeness (QED) is 0.809. The lowest BCUT2D eigenvalue weighted by Crippen LogP contribution is -2.50. The van der Waals surface area contributed by atoms with E-state index in [1.54, 1.807) is 6.92 Å². The number of hydrogen-bond donors (Lipinski definition) is 1. The van der Waals surface area contributed by atoms with Crippen molar-refractivity contribution >= 4 is 9.84 Å². The van der Waals surface area contributed by atoms with Crippen molar-refractivity contribution in [1.82, 2.24) is 5.32 Å². The van der Waals surface area contributed by atoms with E-state index >= 15 is 0 Å². The van der Waals surface area contributed by atoms with Crippen LogP contribution in [0.2, 0.25) is 0 Å². The fraction of sp³-hybridized carbons (Fsp3) is 1.00. The van der Waals surface area contributed by atoms with Crippen LogP contribution in [0, 0.1) is 0 Å². The van der Waals surface area contributed by atoms with Gasteiger partial charge in [-0.25, -0.2) is 8.42 Å². The molecule has 0 aliphatic carbocycles. The fourth-order valence-corrected chi connectivity index (χ4v) is 3.57. The maximum atomic E-state index is 11.5. The van der Waals surface area contributed by atoms with E-state index in [0.29, 0.717) is 12.6 Å². The Morgan fingerprint density at radius 2 is 2.00 bits per heavy atom. The highest BCUT2D eigenvalue weighted by Crippen LogP contribution is 2.34. The van der Waals surface area contributed by atoms with Crippen LogP contribution < -0.4 is 5.32 Å². The first-order chi connectivity index (χ1) is 9.05. The van der Waals surface area contributed by atoms with E-state index in [1.165, 1.54) is 0 Å². The molecule has 0 amide bonds. The van der Waals surface area contributed by atoms with Gasteiger partial charge in [0, 0.05) is 38.2 Å². The molecule has 2 saturated heterocycles. The molecule has 2 aliphatic rings. The van der Waals surface area contributed by atoms with Gasteiger partial charge in [-0.2, -0.15) is 0 Å². The van der Waals surface area contributed by atoms with Crippen LogP contribution in [0.1, 0.15) is 32.6 Å². The molecule has 19 heavy (non-hydrogen) atoms. The number of ether oxygens (including phenoxy) is 2. The van der Waals surface area contributed by atoms with Crippen molar-refractivity contribution in [3.05, 3.63) is 0 Å². The SMILES string of the molecule is CCS(=O)(=O)CCNC1CCOC2(CCOCC2)C1. The molecule has 2 heterocycles. The van der Waals surface area contributed by atoms with Crippen LogP contribution in [0.3, 0.4) is 0 Å². The van der Waals surface area contributed by atoms with Gasteiger partial charge in [-0.15, -0.1) is 0 Å². The Hall–Kier alpha value is -0.170. The smallest absolute Gasteiger partial charge is 0.151 e. The van der Waals surface area contributed by atoms with Crippen LogP contribution in [-0.4, -0.2) is 57.9 Å². The lowest BCUT2D eigenvalue weighted by molar-refractivity contribution is -0.140. The lowest BCUT2D eigenvalue weighted by Gasteiger charge is -2.43. The molecule has 2 aliphatic heterocycles. The molecule has 5 nitrogen and oxygen atoms in total. The van der Waals surface area contributed by atoms with Gasteiger partial charge in [-0.05, 0) is 25.7 Å². The Bertz CT molecular complexity index is 371. The molecule has 0 saturated carbocycles. The maximum absolute atomic E-state index is 11.5. The van der Waals surface area contributed by atoms with Gasteiger partial charge in [-0.3, -0.25) is 0 Å². The summed E-state index contributed by atoms with van der Waals surface area (Å²) in [6.07, 6.45) is 3.86. The minimum atomic E-state index is -2.87. The van der Waals surface area contributed by atoms with Crippen LogP contribution >= 0.6 is 0 Å². The minimum absolute atomic E-state index is 0.0300. The second kappa shape index (κ2) is 6.52. The van der Waals surface area contributed by atoms with Crippen molar-refractivity contribution in [2.24, 2.45) is 0 Å². The molecule has 1 spiro atoms. The predicted octanol–water partition coefficient (Wildman–Crippen LogP) is 0.739. The van der Waals surface area contributed by atoms with Crippen molar-refractivity contribution in [1.29, 1.82) is 0 Å². The molecule has 1 atom stereocenters. The van der Waals surface area contributed by atoms with Gasteiger partial charge in [0.2, 0.25) is 0 Å². The lowest BCUT2D eigenvalue weighted by atomic mass is 9.84. The molecule has 0 aromatic rings. The van der Waals surface area contributed by atoms with Crippen LogP contribution in [0.15, 0.2) is 0 Å². The average molecular weight is 291 g/mol. The average Bonchev–Trinajstić information content (AvgIpc) is 2.40. The molecule has 0 radical (unpaired) electrons. The second-order valence-corrected chi connectivity index (χ2v) is 8.00. The van der Waals surface area contributed by atoms with Crippen LogP contribution in [0.25, 0.3) is 0 Å². The Balaban J connectivity index is 1.78. The summed E-state index contributed by atoms with van der Waals surface area (Å²) in [5, 5.41) is 3.38. The minimum Gasteiger partial charge on any atom is -0.381 e. The monoisotopic (exact) mass is 291 g/mol. The number of hydrogen-bond acceptors (Lipinski definition) is 5. The summed E-state index contributed by atoms with van der Waals surface area (Å²) in [5.41, 5.74) is -0.0300. The second-order valence-electron chi connectivity index (χ2n) is 5.52. The maximum Gasteiger partial charge on any atom is 0.151 e. The van der Waals surface area contributed by atoms with Crippen molar-refractivity contribution in [3.63, 3.8) is 0 Å². The van der Waals surface area contributed by atoms with Gasteiger partial charge in [-0.1, -0.05) is 6.92 Å². The van der Waals surface area contributed by atoms with Crippen molar-refractivity contribution in [3.8, 4) is 0 Å². The van der Waals surface area contributed by atoms with E-state index in [1.807, 2.05) is 0 Å². The topological polar surface area (TPSA) is 64.6 Å². The Kier molecular flexibility index (Phi) is 5.22. The van der Waals surface area contributed by atoms with Gasteiger partial charge in [0.15, 0.2) is 9.84 Å². The largest absolute Gasteiger partial charge is 0.381 e. The molecule has 1 N–H and O–H groups in total. The Morgan fingerprint density at radius 3 is 2.68 bits per heavy atom. The van der Waals surface area contributed by atoms with Gasteiger partial charge in [0.05, 0.1) is 11.4 Å². The molecular weight excluding hydrogens is 266 g/mol. The van der Waals surface area contributed by atoms with E-state index in [2.05, 4.69) is 5.32 Å². The Labute approximate surface area is 116 Å². The predicted molar refractivity (Wildman–Crippen MR) is 74.1 cm³/mol. The highest BCUT2D eigenvalue weighted by atomic mass is 32.2. The summed E-state index contributed by atoms with van der Waals surface area (Å²) < 4.78 is 34.3. The summed E-state index contributed by atoms with van der Waals surface area (Å²) in [5.74, 6) is 0.459. The summed E-state index contributed by atoms with van der Waals surface area (Å²) in [6, 6.07) is 0.374. The molecule has 6 heteroatoms. The van der Waals surface area contributed by atoms with Crippen LogP contribution in [-0.2, 0) is 19.3 Å². The molecule has 2 rings (SSSR count). The van der Waals surface area contributed by atoms with Gasteiger partial charge in [0.25, 0.3) is 0 Å². The van der Waals surface area contributed by atoms with E-state index in [4.69, 9.17) is 9.47 Å². The fourth-order valence-electron chi connectivity index (χ4n) is 2.86. The van der Waals surface area contributed by atoms with Gasteiger partial charge < -0.3 is 14.8 Å². The molecule has 1 unspecified atom stereocenters. The third-order valence-corrected chi connectivity index (χ3v) is 5.89. The Morgan fingerprint density at radius 1 is 1.26 bits per heavy atom. The van der Waals surface area contributed by atoms with E-state index in [0.717, 1.165) is 45.5 Å². The molecular formula is C13H25NO4S. The zero-order chi connectivity index (χ0) is 13.8. The standard InChI is InChI=1S/C13H25NO4S/c1-2-19(15,16)10-6-14-12-3-7-18-13(11-12)4-8-17-9-5-13/h12,14H,2-11H2,1H3. The zero-order valence-corrected chi connectivity index (χ0v) is 12.5. The third-order valence-electron chi connectivity index (χ3n) is 4.18. The number of rotatable bonds is 5. The van der Waals surface area contributed by atoms with Crippen molar-refractivity contribution in [2.45, 2.75) is 44.2 Å². The van der Waals surface area contributed by atoms with E-state index < -0.39 is 9.84 Å². The normalized spacial score (nSPS) is 27.5. The first-order valence-electron chi connectivity index (χ1n) is 7.21. The third kappa shape index (κ3) is 4.41. The number of nitrogens with one attached hydrogen (secondary N) is 1. The van der Waals surface area contributed by atoms with Gasteiger partial charge >= 0.3 is 0 Å². The van der Waals surface area contributed by atoms with E-state index in [9.17, 15) is 8.42 Å². The molecule has 2 fully saturated rings. The summed E-state index contributed by atoms with van der Waals surface area (Å²) in [4.78, 5) is 0. The van der Waals surface area contributed by atoms with Crippen LogP contribution in [0.5, 0.6) is 0 Å². The first-order valence-corrected chi connectivity index (χ1v) is 9.03. The van der Waals surface area contributed by atoms with Crippen molar-refractivity contribution in [2.75, 3.05) is 37.9 Å². The molecule has 0 aromatic carbocycles. The van der Waals surface area contributed by atoms with Crippen LogP contribution in [0.4, 0.5) is 0 Å². The van der Waals surface area contributed by atoms with Gasteiger partial charge in [0.1, 0.15) is 0 Å². The zero-order valence-electron chi connectivity index (χ0n) is 11.7. The highest BCUT2D eigenvalue weighted by molar-refractivity contribution is 7.91. The molecule has 112 valence electrons.